The third kappa shape index (κ3) is 2.19. The SMILES string of the molecule is COc1cc(C(N)c2cccc3ccncc23)ncn1. The van der Waals surface area contributed by atoms with E-state index >= 15 is 0 Å². The Kier molecular flexibility index (Phi) is 3.26. The van der Waals surface area contributed by atoms with Crippen molar-refractivity contribution in [2.45, 2.75) is 6.04 Å². The Labute approximate surface area is 116 Å². The van der Waals surface area contributed by atoms with Gasteiger partial charge in [0.15, 0.2) is 0 Å². The zero-order chi connectivity index (χ0) is 13.9. The number of methoxy groups -OCH3 is 1. The molecule has 1 atom stereocenters. The first-order valence-electron chi connectivity index (χ1n) is 6.24. The fourth-order valence-corrected chi connectivity index (χ4v) is 2.20. The van der Waals surface area contributed by atoms with Crippen LogP contribution in [0.1, 0.15) is 17.3 Å². The molecule has 2 aromatic heterocycles. The van der Waals surface area contributed by atoms with Gasteiger partial charge in [-0.25, -0.2) is 9.97 Å². The quantitative estimate of drug-likeness (QED) is 0.785. The minimum absolute atomic E-state index is 0.347. The first-order valence-corrected chi connectivity index (χ1v) is 6.24. The zero-order valence-corrected chi connectivity index (χ0v) is 11.0. The first kappa shape index (κ1) is 12.5. The van der Waals surface area contributed by atoms with Crippen molar-refractivity contribution in [2.24, 2.45) is 5.73 Å². The maximum Gasteiger partial charge on any atom is 0.216 e. The lowest BCUT2D eigenvalue weighted by molar-refractivity contribution is 0.395. The van der Waals surface area contributed by atoms with Crippen LogP contribution in [-0.4, -0.2) is 22.1 Å². The van der Waals surface area contributed by atoms with E-state index in [0.29, 0.717) is 11.6 Å². The number of benzene rings is 1. The molecule has 0 aliphatic carbocycles. The minimum Gasteiger partial charge on any atom is -0.481 e. The van der Waals surface area contributed by atoms with E-state index in [9.17, 15) is 0 Å². The summed E-state index contributed by atoms with van der Waals surface area (Å²) in [5.74, 6) is 0.504. The number of rotatable bonds is 3. The third-order valence-corrected chi connectivity index (χ3v) is 3.24. The number of hydrogen-bond donors (Lipinski definition) is 1. The van der Waals surface area contributed by atoms with Gasteiger partial charge in [0.2, 0.25) is 5.88 Å². The number of pyridine rings is 1. The van der Waals surface area contributed by atoms with Crippen molar-refractivity contribution >= 4 is 10.8 Å². The molecule has 3 aromatic rings. The van der Waals surface area contributed by atoms with Crippen molar-refractivity contribution in [1.82, 2.24) is 15.0 Å². The smallest absolute Gasteiger partial charge is 0.216 e. The highest BCUT2D eigenvalue weighted by Crippen LogP contribution is 2.26. The molecule has 0 saturated carbocycles. The summed E-state index contributed by atoms with van der Waals surface area (Å²) in [6.45, 7) is 0. The van der Waals surface area contributed by atoms with Crippen LogP contribution in [0.5, 0.6) is 5.88 Å². The summed E-state index contributed by atoms with van der Waals surface area (Å²) in [6.07, 6.45) is 5.05. The van der Waals surface area contributed by atoms with Crippen LogP contribution in [0.4, 0.5) is 0 Å². The van der Waals surface area contributed by atoms with Gasteiger partial charge in [-0.05, 0) is 17.0 Å². The van der Waals surface area contributed by atoms with Crippen LogP contribution < -0.4 is 10.5 Å². The maximum absolute atomic E-state index is 6.33. The average molecular weight is 266 g/mol. The van der Waals surface area contributed by atoms with Gasteiger partial charge in [0.05, 0.1) is 18.8 Å². The highest BCUT2D eigenvalue weighted by Gasteiger charge is 2.14. The molecule has 2 N–H and O–H groups in total. The molecule has 5 nitrogen and oxygen atoms in total. The number of fused-ring (bicyclic) bond motifs is 1. The molecule has 0 radical (unpaired) electrons. The van der Waals surface area contributed by atoms with Crippen molar-refractivity contribution in [2.75, 3.05) is 7.11 Å². The molecule has 5 heteroatoms. The molecule has 3 rings (SSSR count). The van der Waals surface area contributed by atoms with Crippen LogP contribution in [0, 0.1) is 0 Å². The molecule has 0 aliphatic rings. The predicted molar refractivity (Wildman–Crippen MR) is 76.4 cm³/mol. The van der Waals surface area contributed by atoms with Crippen LogP contribution in [0.3, 0.4) is 0 Å². The van der Waals surface area contributed by atoms with Crippen molar-refractivity contribution < 1.29 is 4.74 Å². The van der Waals surface area contributed by atoms with Crippen LogP contribution in [0.2, 0.25) is 0 Å². The lowest BCUT2D eigenvalue weighted by Crippen LogP contribution is -2.14. The summed E-state index contributed by atoms with van der Waals surface area (Å²) < 4.78 is 5.11. The fraction of sp³-hybridized carbons (Fsp3) is 0.133. The Balaban J connectivity index is 2.10. The second-order valence-corrected chi connectivity index (χ2v) is 4.41. The molecule has 0 bridgehead atoms. The summed E-state index contributed by atoms with van der Waals surface area (Å²) >= 11 is 0. The summed E-state index contributed by atoms with van der Waals surface area (Å²) in [4.78, 5) is 12.4. The number of aromatic nitrogens is 3. The number of hydrogen-bond acceptors (Lipinski definition) is 5. The van der Waals surface area contributed by atoms with Gasteiger partial charge < -0.3 is 10.5 Å². The van der Waals surface area contributed by atoms with Crippen LogP contribution in [-0.2, 0) is 0 Å². The summed E-state index contributed by atoms with van der Waals surface area (Å²) in [6, 6.07) is 9.37. The van der Waals surface area contributed by atoms with Gasteiger partial charge in [-0.15, -0.1) is 0 Å². The largest absolute Gasteiger partial charge is 0.481 e. The zero-order valence-electron chi connectivity index (χ0n) is 11.0. The maximum atomic E-state index is 6.33. The minimum atomic E-state index is -0.347. The molecule has 20 heavy (non-hydrogen) atoms. The van der Waals surface area contributed by atoms with E-state index in [0.717, 1.165) is 16.3 Å². The Hall–Kier alpha value is -2.53. The third-order valence-electron chi connectivity index (χ3n) is 3.24. The van der Waals surface area contributed by atoms with E-state index in [1.807, 2.05) is 30.5 Å². The summed E-state index contributed by atoms with van der Waals surface area (Å²) in [7, 11) is 1.57. The molecule has 100 valence electrons. The lowest BCUT2D eigenvalue weighted by atomic mass is 9.98. The van der Waals surface area contributed by atoms with Crippen molar-refractivity contribution in [3.63, 3.8) is 0 Å². The van der Waals surface area contributed by atoms with Crippen LogP contribution >= 0.6 is 0 Å². The van der Waals surface area contributed by atoms with E-state index in [-0.39, 0.29) is 6.04 Å². The van der Waals surface area contributed by atoms with Crippen molar-refractivity contribution in [3.8, 4) is 5.88 Å². The van der Waals surface area contributed by atoms with Crippen LogP contribution in [0.25, 0.3) is 10.8 Å². The van der Waals surface area contributed by atoms with E-state index in [1.165, 1.54) is 6.33 Å². The predicted octanol–water partition coefficient (Wildman–Crippen LogP) is 2.08. The Morgan fingerprint density at radius 3 is 2.95 bits per heavy atom. The number of nitrogens with zero attached hydrogens (tertiary/aromatic N) is 3. The molecule has 1 unspecified atom stereocenters. The van der Waals surface area contributed by atoms with Gasteiger partial charge in [0.1, 0.15) is 6.33 Å². The molecular weight excluding hydrogens is 252 g/mol. The van der Waals surface area contributed by atoms with Gasteiger partial charge in [-0.2, -0.15) is 0 Å². The van der Waals surface area contributed by atoms with E-state index < -0.39 is 0 Å². The van der Waals surface area contributed by atoms with Gasteiger partial charge in [0, 0.05) is 23.8 Å². The first-order chi connectivity index (χ1) is 9.79. The highest BCUT2D eigenvalue weighted by atomic mass is 16.5. The van der Waals surface area contributed by atoms with E-state index in [2.05, 4.69) is 15.0 Å². The van der Waals surface area contributed by atoms with Gasteiger partial charge >= 0.3 is 0 Å². The van der Waals surface area contributed by atoms with E-state index in [4.69, 9.17) is 10.5 Å². The second kappa shape index (κ2) is 5.22. The molecule has 0 spiro atoms. The topological polar surface area (TPSA) is 73.9 Å². The normalized spacial score (nSPS) is 12.3. The average Bonchev–Trinajstić information content (AvgIpc) is 2.53. The second-order valence-electron chi connectivity index (χ2n) is 4.41. The van der Waals surface area contributed by atoms with Gasteiger partial charge in [-0.3, -0.25) is 4.98 Å². The molecule has 0 amide bonds. The monoisotopic (exact) mass is 266 g/mol. The van der Waals surface area contributed by atoms with Crippen molar-refractivity contribution in [1.29, 1.82) is 0 Å². The molecule has 2 heterocycles. The van der Waals surface area contributed by atoms with E-state index in [1.54, 1.807) is 19.4 Å². The summed E-state index contributed by atoms with van der Waals surface area (Å²) in [5.41, 5.74) is 8.03. The molecule has 1 aromatic carbocycles. The molecule has 0 saturated heterocycles. The number of ether oxygens (including phenoxy) is 1. The van der Waals surface area contributed by atoms with Gasteiger partial charge in [0.25, 0.3) is 0 Å². The van der Waals surface area contributed by atoms with Crippen molar-refractivity contribution in [3.05, 3.63) is 60.3 Å². The fourth-order valence-electron chi connectivity index (χ4n) is 2.20. The Morgan fingerprint density at radius 2 is 2.10 bits per heavy atom. The Morgan fingerprint density at radius 1 is 1.20 bits per heavy atom. The molecule has 0 fully saturated rings. The lowest BCUT2D eigenvalue weighted by Gasteiger charge is -2.14. The standard InChI is InChI=1S/C15H14N4O/c1-20-14-7-13(18-9-19-14)15(16)11-4-2-3-10-5-6-17-8-12(10)11/h2-9,15H,16H2,1H3. The Bertz CT molecular complexity index is 739. The molecule has 0 aliphatic heterocycles. The van der Waals surface area contributed by atoms with Gasteiger partial charge in [-0.1, -0.05) is 18.2 Å². The van der Waals surface area contributed by atoms with Crippen LogP contribution in [0.15, 0.2) is 49.1 Å². The summed E-state index contributed by atoms with van der Waals surface area (Å²) in [5, 5.41) is 2.13. The highest BCUT2D eigenvalue weighted by molar-refractivity contribution is 5.85. The molecular formula is C15H14N4O. The number of nitrogens with two attached hydrogens (primary N) is 1.